The zero-order valence-electron chi connectivity index (χ0n) is 10.3. The molecule has 0 spiro atoms. The zero-order valence-corrected chi connectivity index (χ0v) is 11.1. The minimum atomic E-state index is 0.340. The number of thioether (sulfide) groups is 1. The van der Waals surface area contributed by atoms with E-state index in [4.69, 9.17) is 4.99 Å². The van der Waals surface area contributed by atoms with Crippen LogP contribution >= 0.6 is 11.8 Å². The van der Waals surface area contributed by atoms with E-state index in [1.165, 1.54) is 11.1 Å². The standard InChI is InChI=1S/C16H15NS/c1-12-15(13-8-4-2-5-9-13)18-16(17-12)14-10-6-3-7-11-14/h2-12,15H,1H3. The van der Waals surface area contributed by atoms with Gasteiger partial charge in [0.15, 0.2) is 0 Å². The molecular formula is C16H15NS. The van der Waals surface area contributed by atoms with Crippen molar-refractivity contribution in [3.8, 4) is 0 Å². The van der Waals surface area contributed by atoms with E-state index < -0.39 is 0 Å². The highest BCUT2D eigenvalue weighted by atomic mass is 32.2. The Morgan fingerprint density at radius 2 is 1.50 bits per heavy atom. The smallest absolute Gasteiger partial charge is 0.0987 e. The highest BCUT2D eigenvalue weighted by molar-refractivity contribution is 8.15. The van der Waals surface area contributed by atoms with Crippen LogP contribution in [-0.4, -0.2) is 11.1 Å². The normalized spacial score (nSPS) is 22.8. The first-order valence-corrected chi connectivity index (χ1v) is 7.07. The first-order chi connectivity index (χ1) is 8.84. The fourth-order valence-electron chi connectivity index (χ4n) is 2.21. The SMILES string of the molecule is CC1N=C(c2ccccc2)SC1c1ccccc1. The molecule has 1 nitrogen and oxygen atoms in total. The molecule has 1 aliphatic heterocycles. The second-order valence-corrected chi connectivity index (χ2v) is 5.62. The highest BCUT2D eigenvalue weighted by Crippen LogP contribution is 2.41. The topological polar surface area (TPSA) is 12.4 Å². The summed E-state index contributed by atoms with van der Waals surface area (Å²) in [5, 5.41) is 1.61. The van der Waals surface area contributed by atoms with E-state index in [9.17, 15) is 0 Å². The summed E-state index contributed by atoms with van der Waals surface area (Å²) in [6.07, 6.45) is 0. The summed E-state index contributed by atoms with van der Waals surface area (Å²) >= 11 is 1.87. The van der Waals surface area contributed by atoms with Gasteiger partial charge >= 0.3 is 0 Å². The second-order valence-electron chi connectivity index (χ2n) is 4.49. The Bertz CT molecular complexity index is 548. The molecule has 0 aromatic heterocycles. The van der Waals surface area contributed by atoms with Crippen LogP contribution in [0.1, 0.15) is 23.3 Å². The summed E-state index contributed by atoms with van der Waals surface area (Å²) in [4.78, 5) is 4.80. The lowest BCUT2D eigenvalue weighted by Gasteiger charge is -2.13. The van der Waals surface area contributed by atoms with Gasteiger partial charge in [-0.2, -0.15) is 0 Å². The zero-order chi connectivity index (χ0) is 12.4. The largest absolute Gasteiger partial charge is 0.273 e. The van der Waals surface area contributed by atoms with E-state index in [-0.39, 0.29) is 0 Å². The van der Waals surface area contributed by atoms with Crippen molar-refractivity contribution in [2.75, 3.05) is 0 Å². The second kappa shape index (κ2) is 4.99. The molecule has 2 aromatic carbocycles. The van der Waals surface area contributed by atoms with Crippen LogP contribution in [0.5, 0.6) is 0 Å². The van der Waals surface area contributed by atoms with E-state index in [1.54, 1.807) is 0 Å². The third-order valence-corrected chi connectivity index (χ3v) is 4.63. The molecule has 1 aliphatic rings. The predicted molar refractivity (Wildman–Crippen MR) is 79.2 cm³/mol. The molecular weight excluding hydrogens is 238 g/mol. The van der Waals surface area contributed by atoms with Crippen molar-refractivity contribution in [1.82, 2.24) is 0 Å². The molecule has 0 amide bonds. The van der Waals surface area contributed by atoms with Gasteiger partial charge in [0.25, 0.3) is 0 Å². The van der Waals surface area contributed by atoms with Crippen LogP contribution in [0, 0.1) is 0 Å². The Kier molecular flexibility index (Phi) is 3.20. The van der Waals surface area contributed by atoms with Gasteiger partial charge in [-0.15, -0.1) is 0 Å². The average molecular weight is 253 g/mol. The lowest BCUT2D eigenvalue weighted by molar-refractivity contribution is 0.740. The lowest BCUT2D eigenvalue weighted by atomic mass is 10.1. The molecule has 0 bridgehead atoms. The molecule has 2 unspecified atom stereocenters. The van der Waals surface area contributed by atoms with Gasteiger partial charge in [-0.25, -0.2) is 0 Å². The molecule has 2 aromatic rings. The molecule has 2 heteroatoms. The minimum absolute atomic E-state index is 0.340. The first-order valence-electron chi connectivity index (χ1n) is 6.19. The summed E-state index contributed by atoms with van der Waals surface area (Å²) in [6.45, 7) is 2.20. The highest BCUT2D eigenvalue weighted by Gasteiger charge is 2.28. The maximum absolute atomic E-state index is 4.80. The molecule has 0 aliphatic carbocycles. The van der Waals surface area contributed by atoms with Gasteiger partial charge in [0.05, 0.1) is 16.3 Å². The third kappa shape index (κ3) is 2.21. The van der Waals surface area contributed by atoms with Gasteiger partial charge in [-0.3, -0.25) is 4.99 Å². The van der Waals surface area contributed by atoms with E-state index in [2.05, 4.69) is 61.5 Å². The maximum Gasteiger partial charge on any atom is 0.0987 e. The fraction of sp³-hybridized carbons (Fsp3) is 0.188. The molecule has 0 N–H and O–H groups in total. The van der Waals surface area contributed by atoms with Crippen LogP contribution in [-0.2, 0) is 0 Å². The fourth-order valence-corrected chi connectivity index (χ4v) is 3.51. The minimum Gasteiger partial charge on any atom is -0.273 e. The molecule has 2 atom stereocenters. The number of hydrogen-bond acceptors (Lipinski definition) is 2. The van der Waals surface area contributed by atoms with Crippen molar-refractivity contribution >= 4 is 16.8 Å². The van der Waals surface area contributed by atoms with Crippen molar-refractivity contribution in [3.05, 3.63) is 71.8 Å². The lowest BCUT2D eigenvalue weighted by Crippen LogP contribution is -2.04. The van der Waals surface area contributed by atoms with Crippen molar-refractivity contribution in [2.24, 2.45) is 4.99 Å². The van der Waals surface area contributed by atoms with Gasteiger partial charge in [-0.1, -0.05) is 72.4 Å². The van der Waals surface area contributed by atoms with Crippen molar-refractivity contribution < 1.29 is 0 Å². The number of hydrogen-bond donors (Lipinski definition) is 0. The van der Waals surface area contributed by atoms with Crippen molar-refractivity contribution in [1.29, 1.82) is 0 Å². The van der Waals surface area contributed by atoms with Gasteiger partial charge in [0.2, 0.25) is 0 Å². The Morgan fingerprint density at radius 1 is 0.889 bits per heavy atom. The number of aliphatic imine (C=N–C) groups is 1. The predicted octanol–water partition coefficient (Wildman–Crippen LogP) is 4.31. The maximum atomic E-state index is 4.80. The molecule has 90 valence electrons. The number of benzene rings is 2. The van der Waals surface area contributed by atoms with Crippen LogP contribution in [0.2, 0.25) is 0 Å². The first kappa shape index (κ1) is 11.5. The number of rotatable bonds is 2. The Balaban J connectivity index is 1.85. The van der Waals surface area contributed by atoms with Gasteiger partial charge in [0, 0.05) is 5.56 Å². The molecule has 1 heterocycles. The van der Waals surface area contributed by atoms with Crippen LogP contribution in [0.15, 0.2) is 65.7 Å². The van der Waals surface area contributed by atoms with Crippen molar-refractivity contribution in [2.45, 2.75) is 18.2 Å². The summed E-state index contributed by atoms with van der Waals surface area (Å²) in [6, 6.07) is 21.4. The van der Waals surface area contributed by atoms with E-state index >= 15 is 0 Å². The summed E-state index contributed by atoms with van der Waals surface area (Å²) in [7, 11) is 0. The van der Waals surface area contributed by atoms with E-state index in [0.29, 0.717) is 11.3 Å². The average Bonchev–Trinajstić information content (AvgIpc) is 2.83. The van der Waals surface area contributed by atoms with Gasteiger partial charge in [-0.05, 0) is 12.5 Å². The molecule has 0 fully saturated rings. The van der Waals surface area contributed by atoms with Crippen LogP contribution < -0.4 is 0 Å². The molecule has 0 saturated heterocycles. The molecule has 0 radical (unpaired) electrons. The van der Waals surface area contributed by atoms with Crippen LogP contribution in [0.25, 0.3) is 0 Å². The Labute approximate surface area is 112 Å². The summed E-state index contributed by atoms with van der Waals surface area (Å²) in [5.74, 6) is 0. The third-order valence-electron chi connectivity index (χ3n) is 3.15. The van der Waals surface area contributed by atoms with Crippen LogP contribution in [0.4, 0.5) is 0 Å². The number of nitrogens with zero attached hydrogens (tertiary/aromatic N) is 1. The van der Waals surface area contributed by atoms with E-state index in [1.807, 2.05) is 17.8 Å². The van der Waals surface area contributed by atoms with E-state index in [0.717, 1.165) is 5.04 Å². The van der Waals surface area contributed by atoms with Gasteiger partial charge < -0.3 is 0 Å². The Morgan fingerprint density at radius 3 is 2.17 bits per heavy atom. The van der Waals surface area contributed by atoms with Crippen LogP contribution in [0.3, 0.4) is 0 Å². The molecule has 18 heavy (non-hydrogen) atoms. The Hall–Kier alpha value is -1.54. The monoisotopic (exact) mass is 253 g/mol. The van der Waals surface area contributed by atoms with Gasteiger partial charge in [0.1, 0.15) is 0 Å². The molecule has 0 saturated carbocycles. The quantitative estimate of drug-likeness (QED) is 0.777. The summed E-state index contributed by atoms with van der Waals surface area (Å²) < 4.78 is 0. The molecule has 3 rings (SSSR count). The van der Waals surface area contributed by atoms with Crippen molar-refractivity contribution in [3.63, 3.8) is 0 Å². The summed E-state index contributed by atoms with van der Waals surface area (Å²) in [5.41, 5.74) is 2.59.